The molecule has 1 aromatic rings. The van der Waals surface area contributed by atoms with Crippen molar-refractivity contribution in [3.8, 4) is 0 Å². The molecule has 1 aromatic heterocycles. The second kappa shape index (κ2) is 12.6. The first-order chi connectivity index (χ1) is 19.3. The highest BCUT2D eigenvalue weighted by Crippen LogP contribution is 2.38. The monoisotopic (exact) mass is 605 g/mol. The van der Waals surface area contributed by atoms with Gasteiger partial charge in [-0.1, -0.05) is 19.1 Å². The van der Waals surface area contributed by atoms with E-state index >= 15 is 0 Å². The van der Waals surface area contributed by atoms with Gasteiger partial charge in [-0.15, -0.1) is 0 Å². The fourth-order valence-corrected chi connectivity index (χ4v) is 5.85. The fourth-order valence-electron chi connectivity index (χ4n) is 5.52. The van der Waals surface area contributed by atoms with Crippen LogP contribution >= 0.6 is 12.2 Å². The van der Waals surface area contributed by atoms with Crippen LogP contribution in [-0.4, -0.2) is 93.1 Å². The Balaban J connectivity index is 1.66. The number of pyridine rings is 1. The maximum atomic E-state index is 14.2. The van der Waals surface area contributed by atoms with Gasteiger partial charge in [0.25, 0.3) is 18.2 Å². The number of aromatic nitrogens is 1. The number of carbonyl (C=O) groups excluding carboxylic acids is 2. The van der Waals surface area contributed by atoms with Gasteiger partial charge >= 0.3 is 6.18 Å². The van der Waals surface area contributed by atoms with Crippen molar-refractivity contribution in [1.82, 2.24) is 15.2 Å². The molecule has 0 aromatic carbocycles. The minimum Gasteiger partial charge on any atom is -0.388 e. The number of aliphatic imine (C=N–C) groups is 1. The average molecular weight is 606 g/mol. The van der Waals surface area contributed by atoms with E-state index in [1.807, 2.05) is 0 Å². The smallest absolute Gasteiger partial charge is 0.388 e. The second-order valence-corrected chi connectivity index (χ2v) is 10.9. The number of halogens is 5. The second-order valence-electron chi connectivity index (χ2n) is 10.5. The summed E-state index contributed by atoms with van der Waals surface area (Å²) in [5.74, 6) is -1.66. The minimum absolute atomic E-state index is 0.0420. The highest BCUT2D eigenvalue weighted by Gasteiger charge is 2.45. The lowest BCUT2D eigenvalue weighted by molar-refractivity contribution is -0.143. The van der Waals surface area contributed by atoms with Crippen LogP contribution in [0.5, 0.6) is 0 Å². The molecule has 3 fully saturated rings. The molecule has 2 bridgehead atoms. The van der Waals surface area contributed by atoms with E-state index in [1.54, 1.807) is 4.90 Å². The number of carbonyl (C=O) groups is 2. The molecule has 4 rings (SSSR count). The Morgan fingerprint density at radius 1 is 1.22 bits per heavy atom. The molecule has 226 valence electrons. The Hall–Kier alpha value is -2.78. The molecule has 1 unspecified atom stereocenters. The molecule has 4 atom stereocenters. The lowest BCUT2D eigenvalue weighted by atomic mass is 10.0. The highest BCUT2D eigenvalue weighted by molar-refractivity contribution is 7.81. The first kappa shape index (κ1) is 31.2. The van der Waals surface area contributed by atoms with Gasteiger partial charge in [-0.25, -0.2) is 13.8 Å². The van der Waals surface area contributed by atoms with Crippen LogP contribution in [0.3, 0.4) is 0 Å². The van der Waals surface area contributed by atoms with Crippen LogP contribution in [0.2, 0.25) is 0 Å². The van der Waals surface area contributed by atoms with Gasteiger partial charge in [-0.2, -0.15) is 13.2 Å². The van der Waals surface area contributed by atoms with Crippen LogP contribution in [0.1, 0.15) is 63.5 Å². The number of fused-ring (bicyclic) bond motifs is 2. The zero-order chi connectivity index (χ0) is 30.1. The van der Waals surface area contributed by atoms with E-state index in [0.29, 0.717) is 0 Å². The number of thiocarbonyl (C=S) groups is 1. The van der Waals surface area contributed by atoms with Crippen LogP contribution in [0.4, 0.5) is 27.8 Å². The van der Waals surface area contributed by atoms with Crippen molar-refractivity contribution in [1.29, 1.82) is 0 Å². The Morgan fingerprint density at radius 3 is 2.37 bits per heavy atom. The summed E-state index contributed by atoms with van der Waals surface area (Å²) in [6.45, 7) is 2.75. The summed E-state index contributed by atoms with van der Waals surface area (Å²) in [4.78, 5) is 36.2. The largest absolute Gasteiger partial charge is 0.408 e. The van der Waals surface area contributed by atoms with Gasteiger partial charge in [0.15, 0.2) is 6.04 Å². The van der Waals surface area contributed by atoms with Crippen molar-refractivity contribution in [2.75, 3.05) is 18.5 Å². The van der Waals surface area contributed by atoms with Gasteiger partial charge in [0, 0.05) is 29.4 Å². The number of alkyl halides is 5. The molecule has 4 heterocycles. The van der Waals surface area contributed by atoms with Crippen molar-refractivity contribution in [3.05, 3.63) is 23.4 Å². The summed E-state index contributed by atoms with van der Waals surface area (Å²) in [6.07, 6.45) is -5.05. The van der Waals surface area contributed by atoms with E-state index in [1.165, 1.54) is 13.8 Å². The van der Waals surface area contributed by atoms with Crippen molar-refractivity contribution in [3.63, 3.8) is 0 Å². The normalized spacial score (nSPS) is 25.9. The van der Waals surface area contributed by atoms with Gasteiger partial charge in [0.2, 0.25) is 0 Å². The molecular formula is C26H32F5N5O4S. The molecule has 3 saturated heterocycles. The lowest BCUT2D eigenvalue weighted by Gasteiger charge is -2.27. The molecule has 9 nitrogen and oxygen atoms in total. The maximum Gasteiger partial charge on any atom is 0.408 e. The molecule has 3 aliphatic rings. The van der Waals surface area contributed by atoms with Crippen LogP contribution in [0.15, 0.2) is 17.3 Å². The number of ether oxygens (including phenoxy) is 1. The van der Waals surface area contributed by atoms with Crippen LogP contribution < -0.4 is 10.6 Å². The number of hydrogen-bond acceptors (Lipinski definition) is 8. The first-order valence-electron chi connectivity index (χ1n) is 13.4. The summed E-state index contributed by atoms with van der Waals surface area (Å²) < 4.78 is 73.3. The zero-order valence-electron chi connectivity index (χ0n) is 22.5. The summed E-state index contributed by atoms with van der Waals surface area (Å²) >= 11 is 5.52. The van der Waals surface area contributed by atoms with Crippen LogP contribution in [0, 0.1) is 0 Å². The van der Waals surface area contributed by atoms with Crippen molar-refractivity contribution in [2.24, 2.45) is 4.99 Å². The van der Waals surface area contributed by atoms with Crippen molar-refractivity contribution < 1.29 is 41.4 Å². The van der Waals surface area contributed by atoms with E-state index in [2.05, 4.69) is 20.6 Å². The summed E-state index contributed by atoms with van der Waals surface area (Å²) in [7, 11) is 0. The molecule has 0 spiro atoms. The number of hydrogen-bond donors (Lipinski definition) is 3. The molecule has 41 heavy (non-hydrogen) atoms. The molecule has 0 saturated carbocycles. The number of anilines is 1. The first-order valence-corrected chi connectivity index (χ1v) is 13.8. The third kappa shape index (κ3) is 6.83. The van der Waals surface area contributed by atoms with Gasteiger partial charge in [0.05, 0.1) is 35.9 Å². The van der Waals surface area contributed by atoms with Crippen molar-refractivity contribution in [2.45, 2.75) is 94.9 Å². The third-order valence-electron chi connectivity index (χ3n) is 7.77. The van der Waals surface area contributed by atoms with Crippen LogP contribution in [-0.2, 0) is 14.3 Å². The van der Waals surface area contributed by atoms with Crippen molar-refractivity contribution >= 4 is 40.4 Å². The number of nitrogens with zero attached hydrogens (tertiary/aromatic N) is 3. The van der Waals surface area contributed by atoms with Gasteiger partial charge in [-0.3, -0.25) is 14.6 Å². The molecule has 0 radical (unpaired) electrons. The topological polar surface area (TPSA) is 116 Å². The van der Waals surface area contributed by atoms with E-state index in [9.17, 15) is 36.6 Å². The summed E-state index contributed by atoms with van der Waals surface area (Å²) in [5.41, 5.74) is -1.20. The number of aliphatic hydroxyl groups is 1. The van der Waals surface area contributed by atoms with E-state index in [-0.39, 0.29) is 47.9 Å². The molecular weight excluding hydrogens is 573 g/mol. The van der Waals surface area contributed by atoms with E-state index in [0.717, 1.165) is 37.9 Å². The average Bonchev–Trinajstić information content (AvgIpc) is 3.64. The van der Waals surface area contributed by atoms with Gasteiger partial charge in [-0.05, 0) is 45.1 Å². The third-order valence-corrected chi connectivity index (χ3v) is 8.21. The molecule has 2 amide bonds. The number of amides is 2. The molecule has 15 heteroatoms. The SMILES string of the molecule is CC[C@H](Nc1cc(C(F)F)c(C(=S)C(/N=C(\C)C(=O)N[C@H]2COC[C@@H]2O)C(=O)N2C3CCC2CC3)cn1)C(F)(F)F. The Labute approximate surface area is 238 Å². The molecule has 0 aliphatic carbocycles. The van der Waals surface area contributed by atoms with E-state index < -0.39 is 60.0 Å². The number of aliphatic hydroxyl groups excluding tert-OH is 1. The number of nitrogens with one attached hydrogen (secondary N) is 2. The highest BCUT2D eigenvalue weighted by atomic mass is 32.1. The minimum atomic E-state index is -4.63. The summed E-state index contributed by atoms with van der Waals surface area (Å²) in [6, 6.07) is -3.55. The van der Waals surface area contributed by atoms with Gasteiger partial charge in [0.1, 0.15) is 11.9 Å². The predicted molar refractivity (Wildman–Crippen MR) is 143 cm³/mol. The zero-order valence-corrected chi connectivity index (χ0v) is 23.3. The Kier molecular flexibility index (Phi) is 9.59. The fraction of sp³-hybridized carbons (Fsp3) is 0.654. The summed E-state index contributed by atoms with van der Waals surface area (Å²) in [5, 5.41) is 14.7. The van der Waals surface area contributed by atoms with Gasteiger partial charge < -0.3 is 25.4 Å². The molecule has 3 aliphatic heterocycles. The predicted octanol–water partition coefficient (Wildman–Crippen LogP) is 3.35. The Bertz CT molecular complexity index is 1180. The molecule has 3 N–H and O–H groups in total. The van der Waals surface area contributed by atoms with Crippen LogP contribution in [0.25, 0.3) is 0 Å². The quantitative estimate of drug-likeness (QED) is 0.162. The number of rotatable bonds is 10. The Morgan fingerprint density at radius 2 is 1.85 bits per heavy atom. The standard InChI is InChI=1S/C26H32F5N5O4S/c1-3-19(26(29,30)31)35-20-8-15(23(27)28)16(9-32-20)22(41)21(25(39)36-13-4-5-14(36)7-6-13)33-12(2)24(38)34-17-10-40-11-18(17)37/h8-9,13-14,17-19,21,23,37H,3-7,10-11H2,1-2H3,(H,32,35)(H,34,38)/b33-12+/t13?,14?,17-,18-,19-,21?/m0/s1. The lowest BCUT2D eigenvalue weighted by Crippen LogP contribution is -2.47. The maximum absolute atomic E-state index is 14.2. The van der Waals surface area contributed by atoms with E-state index in [4.69, 9.17) is 17.0 Å².